The van der Waals surface area contributed by atoms with Crippen LogP contribution in [-0.2, 0) is 14.0 Å². The molecule has 0 aliphatic carbocycles. The van der Waals surface area contributed by atoms with E-state index in [-0.39, 0.29) is 17.8 Å². The summed E-state index contributed by atoms with van der Waals surface area (Å²) >= 11 is 1.58. The second kappa shape index (κ2) is 7.47. The second-order valence-electron chi connectivity index (χ2n) is 6.88. The molecule has 5 heteroatoms. The third-order valence-corrected chi connectivity index (χ3v) is 4.48. The molecule has 1 rings (SSSR count). The first kappa shape index (κ1) is 18.3. The molecule has 0 amide bonds. The van der Waals surface area contributed by atoms with Gasteiger partial charge in [-0.1, -0.05) is 30.0 Å². The minimum absolute atomic E-state index is 0.200. The van der Waals surface area contributed by atoms with Crippen LogP contribution in [0, 0.1) is 0 Å². The van der Waals surface area contributed by atoms with E-state index in [9.17, 15) is 4.79 Å². The summed E-state index contributed by atoms with van der Waals surface area (Å²) in [5, 5.41) is 0. The Morgan fingerprint density at radius 2 is 1.76 bits per heavy atom. The molecule has 0 bridgehead atoms. The Kier molecular flexibility index (Phi) is 6.50. The molecule has 0 spiro atoms. The van der Waals surface area contributed by atoms with E-state index in [0.717, 1.165) is 4.90 Å². The average molecular weight is 327 g/mol. The molecule has 1 unspecified atom stereocenters. The van der Waals surface area contributed by atoms with E-state index in [1.54, 1.807) is 11.8 Å². The van der Waals surface area contributed by atoms with Crippen molar-refractivity contribution in [2.45, 2.75) is 62.8 Å². The Morgan fingerprint density at radius 3 is 2.24 bits per heavy atom. The van der Waals surface area contributed by atoms with Gasteiger partial charge in [-0.05, 0) is 52.5 Å². The summed E-state index contributed by atoms with van der Waals surface area (Å²) in [6.07, 6.45) is 0.265. The van der Waals surface area contributed by atoms with Gasteiger partial charge in [0, 0.05) is 4.90 Å². The molecule has 0 N–H and O–H groups in total. The molecule has 0 aromatic heterocycles. The van der Waals surface area contributed by atoms with Crippen LogP contribution in [0.4, 0.5) is 0 Å². The van der Waals surface area contributed by atoms with Crippen molar-refractivity contribution >= 4 is 26.0 Å². The van der Waals surface area contributed by atoms with Gasteiger partial charge in [-0.2, -0.15) is 0 Å². The summed E-state index contributed by atoms with van der Waals surface area (Å²) in [6.45, 7) is 12.0. The molecule has 0 aliphatic heterocycles. The summed E-state index contributed by atoms with van der Waals surface area (Å²) < 4.78 is 11.5. The highest BCUT2D eigenvalue weighted by atomic mass is 32.2. The third kappa shape index (κ3) is 8.96. The highest BCUT2D eigenvalue weighted by Gasteiger charge is 2.26. The van der Waals surface area contributed by atoms with Crippen LogP contribution in [0.2, 0.25) is 19.6 Å². The van der Waals surface area contributed by atoms with Crippen LogP contribution in [0.3, 0.4) is 0 Å². The fraction of sp³-hybridized carbons (Fsp3) is 0.562. The maximum Gasteiger partial charge on any atom is 0.309 e. The molecule has 1 aromatic carbocycles. The van der Waals surface area contributed by atoms with Gasteiger partial charge in [0.25, 0.3) is 0 Å². The molecule has 0 heterocycles. The molecule has 0 saturated carbocycles. The third-order valence-electron chi connectivity index (χ3n) is 2.25. The minimum Gasteiger partial charge on any atom is -0.460 e. The van der Waals surface area contributed by atoms with Crippen LogP contribution < -0.4 is 0 Å². The van der Waals surface area contributed by atoms with Crippen molar-refractivity contribution in [3.63, 3.8) is 0 Å². The lowest BCUT2D eigenvalue weighted by Gasteiger charge is -2.27. The van der Waals surface area contributed by atoms with Crippen LogP contribution in [0.15, 0.2) is 35.2 Å². The lowest BCUT2D eigenvalue weighted by molar-refractivity contribution is -0.155. The van der Waals surface area contributed by atoms with Crippen molar-refractivity contribution in [2.75, 3.05) is 0 Å². The quantitative estimate of drug-likeness (QED) is 0.329. The Balaban J connectivity index is 2.71. The Hall–Kier alpha value is -0.783. The Bertz CT molecular complexity index is 449. The van der Waals surface area contributed by atoms with Gasteiger partial charge in [0.15, 0.2) is 8.32 Å². The van der Waals surface area contributed by atoms with E-state index in [0.29, 0.717) is 0 Å². The molecule has 0 fully saturated rings. The van der Waals surface area contributed by atoms with Crippen molar-refractivity contribution in [1.29, 1.82) is 0 Å². The van der Waals surface area contributed by atoms with Gasteiger partial charge in [0.1, 0.15) is 11.0 Å². The van der Waals surface area contributed by atoms with Crippen LogP contribution in [0.25, 0.3) is 0 Å². The number of ether oxygens (including phenoxy) is 1. The molecular weight excluding hydrogens is 300 g/mol. The van der Waals surface area contributed by atoms with E-state index in [1.165, 1.54) is 0 Å². The SMILES string of the molecule is CC(C)(C)OC(=O)CC(O[Si](C)(C)C)Sc1ccccc1. The van der Waals surface area contributed by atoms with Gasteiger partial charge in [-0.3, -0.25) is 4.79 Å². The van der Waals surface area contributed by atoms with Crippen LogP contribution in [-0.4, -0.2) is 25.3 Å². The van der Waals surface area contributed by atoms with Crippen LogP contribution in [0.5, 0.6) is 0 Å². The number of esters is 1. The second-order valence-corrected chi connectivity index (χ2v) is 12.6. The number of hydrogen-bond donors (Lipinski definition) is 0. The molecular formula is C16H26O3SSi. The van der Waals surface area contributed by atoms with Gasteiger partial charge in [0.2, 0.25) is 0 Å². The van der Waals surface area contributed by atoms with Gasteiger partial charge >= 0.3 is 5.97 Å². The van der Waals surface area contributed by atoms with E-state index in [1.807, 2.05) is 51.1 Å². The predicted octanol–water partition coefficient (Wildman–Crippen LogP) is 4.69. The molecule has 118 valence electrons. The molecule has 3 nitrogen and oxygen atoms in total. The summed E-state index contributed by atoms with van der Waals surface area (Å²) in [4.78, 5) is 13.1. The Labute approximate surface area is 133 Å². The highest BCUT2D eigenvalue weighted by molar-refractivity contribution is 7.99. The zero-order valence-electron chi connectivity index (χ0n) is 13.8. The number of carbonyl (C=O) groups is 1. The van der Waals surface area contributed by atoms with Crippen LogP contribution in [0.1, 0.15) is 27.2 Å². The smallest absolute Gasteiger partial charge is 0.309 e. The first-order valence-corrected chi connectivity index (χ1v) is 11.5. The fourth-order valence-electron chi connectivity index (χ4n) is 1.67. The molecule has 0 aliphatic rings. The lowest BCUT2D eigenvalue weighted by atomic mass is 10.2. The van der Waals surface area contributed by atoms with E-state index >= 15 is 0 Å². The van der Waals surface area contributed by atoms with Crippen molar-refractivity contribution in [3.05, 3.63) is 30.3 Å². The van der Waals surface area contributed by atoms with Gasteiger partial charge in [-0.15, -0.1) is 0 Å². The summed E-state index contributed by atoms with van der Waals surface area (Å²) in [5.41, 5.74) is -0.660. The van der Waals surface area contributed by atoms with E-state index < -0.39 is 13.9 Å². The normalized spacial score (nSPS) is 13.8. The molecule has 0 saturated heterocycles. The summed E-state index contributed by atoms with van der Waals surface area (Å²) in [7, 11) is -1.73. The lowest BCUT2D eigenvalue weighted by Crippen LogP contribution is -2.33. The zero-order valence-corrected chi connectivity index (χ0v) is 15.6. The maximum atomic E-state index is 12.0. The van der Waals surface area contributed by atoms with Crippen LogP contribution >= 0.6 is 11.8 Å². The molecule has 1 aromatic rings. The monoisotopic (exact) mass is 326 g/mol. The topological polar surface area (TPSA) is 35.5 Å². The van der Waals surface area contributed by atoms with E-state index in [4.69, 9.17) is 9.16 Å². The average Bonchev–Trinajstić information content (AvgIpc) is 2.24. The Morgan fingerprint density at radius 1 is 1.19 bits per heavy atom. The number of carbonyl (C=O) groups excluding carboxylic acids is 1. The zero-order chi connectivity index (χ0) is 16.1. The first-order valence-electron chi connectivity index (χ1n) is 7.16. The minimum atomic E-state index is -1.73. The van der Waals surface area contributed by atoms with Gasteiger partial charge < -0.3 is 9.16 Å². The van der Waals surface area contributed by atoms with Crippen molar-refractivity contribution in [1.82, 2.24) is 0 Å². The standard InChI is InChI=1S/C16H26O3SSi/c1-16(2,3)18-14(17)12-15(19-21(4,5)6)20-13-10-8-7-9-11-13/h7-11,15H,12H2,1-6H3. The predicted molar refractivity (Wildman–Crippen MR) is 91.0 cm³/mol. The van der Waals surface area contributed by atoms with E-state index in [2.05, 4.69) is 19.6 Å². The highest BCUT2D eigenvalue weighted by Crippen LogP contribution is 2.29. The number of rotatable bonds is 6. The number of benzene rings is 1. The molecule has 0 radical (unpaired) electrons. The van der Waals surface area contributed by atoms with Crippen molar-refractivity contribution in [2.24, 2.45) is 0 Å². The summed E-state index contributed by atoms with van der Waals surface area (Å²) in [5.74, 6) is -0.214. The summed E-state index contributed by atoms with van der Waals surface area (Å²) in [6, 6.07) is 10.0. The van der Waals surface area contributed by atoms with Gasteiger partial charge in [0.05, 0.1) is 6.42 Å². The molecule has 21 heavy (non-hydrogen) atoms. The first-order chi connectivity index (χ1) is 9.55. The number of hydrogen-bond acceptors (Lipinski definition) is 4. The van der Waals surface area contributed by atoms with Crippen molar-refractivity contribution in [3.8, 4) is 0 Å². The van der Waals surface area contributed by atoms with Crippen molar-refractivity contribution < 1.29 is 14.0 Å². The number of thioether (sulfide) groups is 1. The fourth-order valence-corrected chi connectivity index (χ4v) is 4.44. The maximum absolute atomic E-state index is 12.0. The molecule has 1 atom stereocenters. The largest absolute Gasteiger partial charge is 0.460 e. The van der Waals surface area contributed by atoms with Gasteiger partial charge in [-0.25, -0.2) is 0 Å².